The predicted octanol–water partition coefficient (Wildman–Crippen LogP) is 5.85. The van der Waals surface area contributed by atoms with Crippen molar-refractivity contribution in [1.82, 2.24) is 10.6 Å². The third-order valence-electron chi connectivity index (χ3n) is 8.80. The molecule has 3 aliphatic heterocycles. The number of aryl methyl sites for hydroxylation is 1. The Kier molecular flexibility index (Phi) is 13.7. The average molecular weight is 597 g/mol. The monoisotopic (exact) mass is 596 g/mol. The quantitative estimate of drug-likeness (QED) is 0.179. The predicted molar refractivity (Wildman–Crippen MR) is 177 cm³/mol. The molecule has 2 atom stereocenters. The first-order valence-electron chi connectivity index (χ1n) is 16.0. The van der Waals surface area contributed by atoms with Gasteiger partial charge >= 0.3 is 0 Å². The molecule has 1 aromatic rings. The number of nitrogens with zero attached hydrogens (tertiary/aromatic N) is 2. The van der Waals surface area contributed by atoms with E-state index in [9.17, 15) is 4.79 Å². The van der Waals surface area contributed by atoms with Gasteiger partial charge in [0.25, 0.3) is 0 Å². The van der Waals surface area contributed by atoms with Crippen molar-refractivity contribution in [2.45, 2.75) is 84.3 Å². The third kappa shape index (κ3) is 10.8. The van der Waals surface area contributed by atoms with Crippen LogP contribution in [0, 0.1) is 18.3 Å². The third-order valence-corrected chi connectivity index (χ3v) is 8.80. The molecular weight excluding hydrogens is 540 g/mol. The molecule has 2 N–H and O–H groups in total. The molecule has 240 valence electrons. The van der Waals surface area contributed by atoms with E-state index in [-0.39, 0.29) is 11.3 Å². The first-order valence-corrected chi connectivity index (χ1v) is 16.0. The summed E-state index contributed by atoms with van der Waals surface area (Å²) in [4.78, 5) is 18.5. The van der Waals surface area contributed by atoms with Gasteiger partial charge in [-0.1, -0.05) is 32.9 Å². The molecule has 0 spiro atoms. The second-order valence-corrected chi connectivity index (χ2v) is 13.1. The average Bonchev–Trinajstić information content (AvgIpc) is 3.00. The Morgan fingerprint density at radius 3 is 2.72 bits per heavy atom. The first-order chi connectivity index (χ1) is 20.6. The minimum Gasteiger partial charge on any atom is -0.479 e. The highest BCUT2D eigenvalue weighted by atomic mass is 16.5. The Hall–Kier alpha value is -2.68. The molecule has 3 heterocycles. The van der Waals surface area contributed by atoms with Gasteiger partial charge in [-0.25, -0.2) is 0 Å². The number of benzene rings is 1. The Balaban J connectivity index is 0.000000238. The molecule has 0 bridgehead atoms. The SMILES string of the molecule is C=N/C=C\C(=C)[C@@]1(C)CN(CCCOC)c2cc(C)ccc2O1.CC(C)(C[C@@H]1CCCCN1)C(=O)NCC1CCOCC1. The zero-order valence-corrected chi connectivity index (χ0v) is 27.4. The van der Waals surface area contributed by atoms with Gasteiger partial charge < -0.3 is 29.7 Å². The number of ether oxygens (including phenoxy) is 3. The lowest BCUT2D eigenvalue weighted by Gasteiger charge is -2.43. The smallest absolute Gasteiger partial charge is 0.225 e. The minimum absolute atomic E-state index is 0.205. The summed E-state index contributed by atoms with van der Waals surface area (Å²) in [5.74, 6) is 1.69. The first kappa shape index (κ1) is 34.8. The van der Waals surface area contributed by atoms with Crippen molar-refractivity contribution >= 4 is 18.3 Å². The number of carbonyl (C=O) groups excluding carboxylic acids is 1. The largest absolute Gasteiger partial charge is 0.479 e. The maximum absolute atomic E-state index is 12.4. The van der Waals surface area contributed by atoms with E-state index in [1.54, 1.807) is 13.3 Å². The van der Waals surface area contributed by atoms with Gasteiger partial charge in [-0.15, -0.1) is 0 Å². The van der Waals surface area contributed by atoms with Crippen LogP contribution in [0.1, 0.15) is 71.3 Å². The maximum atomic E-state index is 12.4. The van der Waals surface area contributed by atoms with Gasteiger partial charge in [-0.05, 0) is 101 Å². The lowest BCUT2D eigenvalue weighted by atomic mass is 9.82. The summed E-state index contributed by atoms with van der Waals surface area (Å²) in [6.45, 7) is 21.9. The van der Waals surface area contributed by atoms with E-state index in [0.29, 0.717) is 12.0 Å². The van der Waals surface area contributed by atoms with Gasteiger partial charge in [0.05, 0.1) is 12.2 Å². The zero-order chi connectivity index (χ0) is 31.3. The Labute approximate surface area is 260 Å². The van der Waals surface area contributed by atoms with Crippen molar-refractivity contribution in [2.75, 3.05) is 58.0 Å². The van der Waals surface area contributed by atoms with Crippen LogP contribution in [0.5, 0.6) is 5.75 Å². The van der Waals surface area contributed by atoms with Crippen molar-refractivity contribution in [3.8, 4) is 5.75 Å². The van der Waals surface area contributed by atoms with E-state index in [1.807, 2.05) is 12.1 Å². The van der Waals surface area contributed by atoms with Crippen LogP contribution in [0.25, 0.3) is 0 Å². The number of nitrogens with one attached hydrogen (secondary N) is 2. The maximum Gasteiger partial charge on any atom is 0.225 e. The number of piperidine rings is 1. The molecule has 8 heteroatoms. The van der Waals surface area contributed by atoms with Gasteiger partial charge in [-0.2, -0.15) is 0 Å². The van der Waals surface area contributed by atoms with Crippen LogP contribution in [-0.2, 0) is 14.3 Å². The second kappa shape index (κ2) is 17.0. The number of hydrogen-bond acceptors (Lipinski definition) is 7. The van der Waals surface area contributed by atoms with Crippen LogP contribution in [0.4, 0.5) is 5.69 Å². The fraction of sp³-hybridized carbons (Fsp3) is 0.657. The van der Waals surface area contributed by atoms with Crippen molar-refractivity contribution in [3.05, 3.63) is 48.2 Å². The fourth-order valence-corrected chi connectivity index (χ4v) is 6.00. The molecule has 2 saturated heterocycles. The summed E-state index contributed by atoms with van der Waals surface area (Å²) in [7, 11) is 1.73. The van der Waals surface area contributed by atoms with Gasteiger partial charge in [-0.3, -0.25) is 9.79 Å². The van der Waals surface area contributed by atoms with Crippen LogP contribution in [0.15, 0.2) is 47.6 Å². The van der Waals surface area contributed by atoms with Gasteiger partial charge in [0, 0.05) is 57.7 Å². The summed E-state index contributed by atoms with van der Waals surface area (Å²) in [6.07, 6.45) is 11.3. The van der Waals surface area contributed by atoms with Crippen molar-refractivity contribution < 1.29 is 19.0 Å². The number of carbonyl (C=O) groups is 1. The second-order valence-electron chi connectivity index (χ2n) is 13.1. The normalized spacial score (nSPS) is 22.6. The van der Waals surface area contributed by atoms with Crippen molar-refractivity contribution in [3.63, 3.8) is 0 Å². The standard InChI is InChI=1S/C19H26N2O2.C16H30N2O2/c1-15-7-8-18-17(13-15)21(11-6-12-22-5)14-19(3,23-18)16(2)9-10-20-4;1-16(2,11-14-5-3-4-8-17-14)15(19)18-12-13-6-9-20-10-7-13/h7-10,13H,2,4,6,11-12,14H2,1,3,5H3;13-14,17H,3-12H2,1-2H3,(H,18,19)/b10-9-;/t19-;14-/m10/s1. The molecule has 2 fully saturated rings. The molecule has 3 aliphatic rings. The van der Waals surface area contributed by atoms with Gasteiger partial charge in [0.15, 0.2) is 0 Å². The van der Waals surface area contributed by atoms with Crippen LogP contribution in [-0.4, -0.2) is 77.4 Å². The molecule has 0 aromatic heterocycles. The Bertz CT molecular complexity index is 1080. The Morgan fingerprint density at radius 1 is 1.28 bits per heavy atom. The molecule has 0 radical (unpaired) electrons. The summed E-state index contributed by atoms with van der Waals surface area (Å²) < 4.78 is 16.8. The minimum atomic E-state index is -0.490. The van der Waals surface area contributed by atoms with Crippen LogP contribution in [0.3, 0.4) is 0 Å². The molecule has 0 saturated carbocycles. The van der Waals surface area contributed by atoms with Gasteiger partial charge in [0.1, 0.15) is 11.4 Å². The topological polar surface area (TPSA) is 84.4 Å². The Morgan fingerprint density at radius 2 is 2.05 bits per heavy atom. The highest BCUT2D eigenvalue weighted by Gasteiger charge is 2.37. The van der Waals surface area contributed by atoms with Crippen molar-refractivity contribution in [2.24, 2.45) is 16.3 Å². The fourth-order valence-electron chi connectivity index (χ4n) is 6.00. The van der Waals surface area contributed by atoms with Crippen LogP contribution in [0.2, 0.25) is 0 Å². The molecule has 1 aromatic carbocycles. The number of methoxy groups -OCH3 is 1. The number of anilines is 1. The number of aliphatic imine (C=N–C) groups is 1. The lowest BCUT2D eigenvalue weighted by molar-refractivity contribution is -0.130. The van der Waals surface area contributed by atoms with E-state index in [2.05, 4.69) is 73.7 Å². The van der Waals surface area contributed by atoms with Crippen molar-refractivity contribution in [1.29, 1.82) is 0 Å². The van der Waals surface area contributed by atoms with E-state index in [4.69, 9.17) is 14.2 Å². The number of rotatable bonds is 12. The molecule has 0 unspecified atom stereocenters. The highest BCUT2D eigenvalue weighted by Crippen LogP contribution is 2.40. The lowest BCUT2D eigenvalue weighted by Crippen LogP contribution is -2.50. The number of hydrogen-bond donors (Lipinski definition) is 2. The van der Waals surface area contributed by atoms with E-state index >= 15 is 0 Å². The van der Waals surface area contributed by atoms with E-state index < -0.39 is 5.60 Å². The molecule has 1 amide bonds. The van der Waals surface area contributed by atoms with Crippen LogP contribution < -0.4 is 20.3 Å². The molecule has 4 rings (SSSR count). The van der Waals surface area contributed by atoms with Gasteiger partial charge in [0.2, 0.25) is 5.91 Å². The molecule has 0 aliphatic carbocycles. The highest BCUT2D eigenvalue weighted by molar-refractivity contribution is 5.81. The number of amides is 1. The summed E-state index contributed by atoms with van der Waals surface area (Å²) >= 11 is 0. The summed E-state index contributed by atoms with van der Waals surface area (Å²) in [6, 6.07) is 6.79. The zero-order valence-electron chi connectivity index (χ0n) is 27.4. The van der Waals surface area contributed by atoms with E-state index in [0.717, 1.165) is 88.7 Å². The van der Waals surface area contributed by atoms with E-state index in [1.165, 1.54) is 24.8 Å². The summed E-state index contributed by atoms with van der Waals surface area (Å²) in [5.41, 5.74) is 2.48. The molecule has 43 heavy (non-hydrogen) atoms. The molecular formula is C35H56N4O4. The summed E-state index contributed by atoms with van der Waals surface area (Å²) in [5, 5.41) is 6.70. The molecule has 8 nitrogen and oxygen atoms in total. The number of fused-ring (bicyclic) bond motifs is 1. The van der Waals surface area contributed by atoms with Crippen LogP contribution >= 0.6 is 0 Å².